The molecule has 0 radical (unpaired) electrons. The Balaban J connectivity index is 1.72. The predicted molar refractivity (Wildman–Crippen MR) is 69.2 cm³/mol. The van der Waals surface area contributed by atoms with Crippen LogP contribution in [0.4, 0.5) is 0 Å². The Kier molecular flexibility index (Phi) is 3.14. The van der Waals surface area contributed by atoms with Crippen molar-refractivity contribution in [3.63, 3.8) is 0 Å². The van der Waals surface area contributed by atoms with Crippen molar-refractivity contribution in [1.29, 1.82) is 0 Å². The summed E-state index contributed by atoms with van der Waals surface area (Å²) < 4.78 is 11.0. The molecule has 3 rings (SSSR count). The van der Waals surface area contributed by atoms with Gasteiger partial charge in [0.2, 0.25) is 0 Å². The molecule has 1 saturated heterocycles. The van der Waals surface area contributed by atoms with Crippen LogP contribution < -0.4 is 0 Å². The third-order valence-corrected chi connectivity index (χ3v) is 4.37. The summed E-state index contributed by atoms with van der Waals surface area (Å²) in [6.07, 6.45) is 0.618. The number of hydrogen-bond donors (Lipinski definition) is 0. The standard InChI is InChI=1S/C14H14O3S/c1-9-11-7-13(16-8-12(11)17-14(9)15)18-10-5-3-2-4-6-10/h2-6,12-13H,7-8H2,1H3/t12-,13+/m1/s1. The van der Waals surface area contributed by atoms with E-state index in [4.69, 9.17) is 9.47 Å². The molecule has 0 bridgehead atoms. The summed E-state index contributed by atoms with van der Waals surface area (Å²) in [5.41, 5.74) is 1.95. The Hall–Kier alpha value is -1.26. The lowest BCUT2D eigenvalue weighted by molar-refractivity contribution is -0.143. The molecule has 1 aromatic carbocycles. The van der Waals surface area contributed by atoms with Crippen LogP contribution in [0.25, 0.3) is 0 Å². The third-order valence-electron chi connectivity index (χ3n) is 3.26. The number of hydrogen-bond acceptors (Lipinski definition) is 4. The van der Waals surface area contributed by atoms with Crippen LogP contribution in [0.5, 0.6) is 0 Å². The van der Waals surface area contributed by atoms with Crippen molar-refractivity contribution in [1.82, 2.24) is 0 Å². The minimum absolute atomic E-state index is 0.0723. The van der Waals surface area contributed by atoms with Crippen molar-refractivity contribution in [3.05, 3.63) is 41.5 Å². The maximum atomic E-state index is 11.5. The van der Waals surface area contributed by atoms with Crippen molar-refractivity contribution in [2.75, 3.05) is 6.61 Å². The van der Waals surface area contributed by atoms with Gasteiger partial charge in [-0.3, -0.25) is 0 Å². The third kappa shape index (κ3) is 2.18. The molecule has 18 heavy (non-hydrogen) atoms. The number of carbonyl (C=O) groups is 1. The largest absolute Gasteiger partial charge is 0.452 e. The van der Waals surface area contributed by atoms with Gasteiger partial charge in [0, 0.05) is 16.9 Å². The molecule has 0 aromatic heterocycles. The fourth-order valence-corrected chi connectivity index (χ4v) is 3.27. The second-order valence-electron chi connectivity index (χ2n) is 4.44. The Bertz CT molecular complexity index is 495. The van der Waals surface area contributed by atoms with Crippen LogP contribution in [-0.2, 0) is 14.3 Å². The monoisotopic (exact) mass is 262 g/mol. The SMILES string of the molecule is CC1=C2C[C@H](Sc3ccccc3)OC[C@H]2OC1=O. The Morgan fingerprint density at radius 2 is 2.06 bits per heavy atom. The molecule has 2 atom stereocenters. The van der Waals surface area contributed by atoms with E-state index < -0.39 is 0 Å². The fraction of sp³-hybridized carbons (Fsp3) is 0.357. The highest BCUT2D eigenvalue weighted by atomic mass is 32.2. The number of esters is 1. The van der Waals surface area contributed by atoms with Crippen LogP contribution in [0.15, 0.2) is 46.4 Å². The van der Waals surface area contributed by atoms with Crippen LogP contribution in [0.1, 0.15) is 13.3 Å². The molecular weight excluding hydrogens is 248 g/mol. The Morgan fingerprint density at radius 1 is 1.28 bits per heavy atom. The lowest BCUT2D eigenvalue weighted by Crippen LogP contribution is -2.29. The fourth-order valence-electron chi connectivity index (χ4n) is 2.24. The zero-order valence-corrected chi connectivity index (χ0v) is 10.9. The summed E-state index contributed by atoms with van der Waals surface area (Å²) in [6.45, 7) is 2.32. The quantitative estimate of drug-likeness (QED) is 0.768. The maximum absolute atomic E-state index is 11.5. The normalized spacial score (nSPS) is 27.1. The molecule has 0 unspecified atom stereocenters. The number of carbonyl (C=O) groups excluding carboxylic acids is 1. The highest BCUT2D eigenvalue weighted by molar-refractivity contribution is 7.99. The molecule has 3 nitrogen and oxygen atoms in total. The second kappa shape index (κ2) is 4.78. The van der Waals surface area contributed by atoms with Crippen LogP contribution in [-0.4, -0.2) is 24.1 Å². The van der Waals surface area contributed by atoms with Crippen molar-refractivity contribution in [3.8, 4) is 0 Å². The van der Waals surface area contributed by atoms with Gasteiger partial charge in [-0.15, -0.1) is 0 Å². The van der Waals surface area contributed by atoms with Crippen LogP contribution in [0.2, 0.25) is 0 Å². The van der Waals surface area contributed by atoms with Gasteiger partial charge in [-0.1, -0.05) is 30.0 Å². The first-order chi connectivity index (χ1) is 8.74. The van der Waals surface area contributed by atoms with E-state index in [1.807, 2.05) is 25.1 Å². The second-order valence-corrected chi connectivity index (χ2v) is 5.67. The number of thioether (sulfide) groups is 1. The van der Waals surface area contributed by atoms with E-state index in [-0.39, 0.29) is 17.5 Å². The topological polar surface area (TPSA) is 35.5 Å². The average molecular weight is 262 g/mol. The molecule has 0 amide bonds. The molecule has 2 aliphatic rings. The zero-order valence-electron chi connectivity index (χ0n) is 10.1. The molecule has 2 aliphatic heterocycles. The van der Waals surface area contributed by atoms with Gasteiger partial charge < -0.3 is 9.47 Å². The number of ether oxygens (including phenoxy) is 2. The summed E-state index contributed by atoms with van der Waals surface area (Å²) in [5.74, 6) is -0.191. The van der Waals surface area contributed by atoms with Gasteiger partial charge in [-0.25, -0.2) is 4.79 Å². The van der Waals surface area contributed by atoms with Crippen molar-refractivity contribution >= 4 is 17.7 Å². The van der Waals surface area contributed by atoms with E-state index in [1.165, 1.54) is 4.90 Å². The van der Waals surface area contributed by atoms with Crippen molar-refractivity contribution in [2.45, 2.75) is 29.8 Å². The number of rotatable bonds is 2. The smallest absolute Gasteiger partial charge is 0.334 e. The summed E-state index contributed by atoms with van der Waals surface area (Å²) in [6, 6.07) is 10.2. The van der Waals surface area contributed by atoms with Gasteiger partial charge in [-0.2, -0.15) is 0 Å². The molecule has 0 aliphatic carbocycles. The molecule has 0 spiro atoms. The van der Waals surface area contributed by atoms with E-state index in [0.29, 0.717) is 6.61 Å². The minimum Gasteiger partial charge on any atom is -0.452 e. The molecule has 1 fully saturated rings. The van der Waals surface area contributed by atoms with Gasteiger partial charge in [0.25, 0.3) is 0 Å². The summed E-state index contributed by atoms with van der Waals surface area (Å²) >= 11 is 1.69. The van der Waals surface area contributed by atoms with Gasteiger partial charge in [-0.05, 0) is 24.6 Å². The molecule has 0 N–H and O–H groups in total. The summed E-state index contributed by atoms with van der Waals surface area (Å²) in [7, 11) is 0. The van der Waals surface area contributed by atoms with E-state index in [2.05, 4.69) is 12.1 Å². The first-order valence-corrected chi connectivity index (χ1v) is 6.86. The Labute approximate surface area is 110 Å². The van der Waals surface area contributed by atoms with Gasteiger partial charge >= 0.3 is 5.97 Å². The number of benzene rings is 1. The average Bonchev–Trinajstić information content (AvgIpc) is 2.67. The molecule has 1 aromatic rings. The highest BCUT2D eigenvalue weighted by Crippen LogP contribution is 2.37. The summed E-state index contributed by atoms with van der Waals surface area (Å²) in [5, 5.41) is 0. The maximum Gasteiger partial charge on any atom is 0.334 e. The van der Waals surface area contributed by atoms with E-state index in [1.54, 1.807) is 11.8 Å². The van der Waals surface area contributed by atoms with Crippen molar-refractivity contribution < 1.29 is 14.3 Å². The van der Waals surface area contributed by atoms with Crippen LogP contribution in [0, 0.1) is 0 Å². The highest BCUT2D eigenvalue weighted by Gasteiger charge is 2.37. The lowest BCUT2D eigenvalue weighted by atomic mass is 10.0. The van der Waals surface area contributed by atoms with E-state index in [9.17, 15) is 4.79 Å². The molecule has 0 saturated carbocycles. The predicted octanol–water partition coefficient (Wildman–Crippen LogP) is 2.77. The van der Waals surface area contributed by atoms with Crippen molar-refractivity contribution in [2.24, 2.45) is 0 Å². The zero-order chi connectivity index (χ0) is 12.5. The molecule has 4 heteroatoms. The van der Waals surface area contributed by atoms with Gasteiger partial charge in [0.05, 0.1) is 6.61 Å². The summed E-state index contributed by atoms with van der Waals surface area (Å²) in [4.78, 5) is 12.6. The molecule has 94 valence electrons. The first-order valence-electron chi connectivity index (χ1n) is 5.98. The number of fused-ring (bicyclic) bond motifs is 1. The first kappa shape index (κ1) is 11.8. The Morgan fingerprint density at radius 3 is 2.83 bits per heavy atom. The van der Waals surface area contributed by atoms with Crippen LogP contribution >= 0.6 is 11.8 Å². The van der Waals surface area contributed by atoms with Gasteiger partial charge in [0.15, 0.2) is 0 Å². The van der Waals surface area contributed by atoms with E-state index in [0.717, 1.165) is 17.6 Å². The van der Waals surface area contributed by atoms with Gasteiger partial charge in [0.1, 0.15) is 11.5 Å². The van der Waals surface area contributed by atoms with E-state index >= 15 is 0 Å². The lowest BCUT2D eigenvalue weighted by Gasteiger charge is -2.27. The van der Waals surface area contributed by atoms with Crippen LogP contribution in [0.3, 0.4) is 0 Å². The molecule has 2 heterocycles. The minimum atomic E-state index is -0.191. The molecular formula is C14H14O3S.